The Hall–Kier alpha value is -0.480. The third-order valence-electron chi connectivity index (χ3n) is 5.07. The molecule has 1 unspecified atom stereocenters. The summed E-state index contributed by atoms with van der Waals surface area (Å²) >= 11 is 3.04. The lowest BCUT2D eigenvalue weighted by molar-refractivity contribution is 0.127. The summed E-state index contributed by atoms with van der Waals surface area (Å²) in [4.78, 5) is 0. The summed E-state index contributed by atoms with van der Waals surface area (Å²) in [7, 11) is 0. The normalized spacial score (nSPS) is 22.3. The highest BCUT2D eigenvalue weighted by molar-refractivity contribution is 9.10. The van der Waals surface area contributed by atoms with Crippen LogP contribution < -0.4 is 0 Å². The van der Waals surface area contributed by atoms with E-state index in [4.69, 9.17) is 0 Å². The minimum atomic E-state index is -0.733. The molecule has 1 nitrogen and oxygen atoms in total. The zero-order valence-corrected chi connectivity index (χ0v) is 13.2. The Morgan fingerprint density at radius 3 is 2.21 bits per heavy atom. The van der Waals surface area contributed by atoms with Crippen LogP contribution in [0.15, 0.2) is 16.6 Å². The van der Waals surface area contributed by atoms with Crippen LogP contribution in [0.2, 0.25) is 0 Å². The zero-order valence-electron chi connectivity index (χ0n) is 11.6. The lowest BCUT2D eigenvalue weighted by atomic mass is 9.99. The van der Waals surface area contributed by atoms with Crippen molar-refractivity contribution < 1.29 is 13.9 Å². The largest absolute Gasteiger partial charge is 0.392 e. The quantitative estimate of drug-likeness (QED) is 0.817. The summed E-state index contributed by atoms with van der Waals surface area (Å²) in [6, 6.07) is 2.56. The predicted molar refractivity (Wildman–Crippen MR) is 74.8 cm³/mol. The van der Waals surface area contributed by atoms with Crippen molar-refractivity contribution in [2.45, 2.75) is 40.2 Å². The van der Waals surface area contributed by atoms with E-state index in [2.05, 4.69) is 43.6 Å². The van der Waals surface area contributed by atoms with Crippen LogP contribution in [0.3, 0.4) is 0 Å². The van der Waals surface area contributed by atoms with Crippen LogP contribution in [-0.2, 0) is 6.42 Å². The highest BCUT2D eigenvalue weighted by Gasteiger charge is 2.67. The number of benzene rings is 1. The average Bonchev–Trinajstić information content (AvgIpc) is 2.70. The first-order valence-electron chi connectivity index (χ1n) is 6.41. The van der Waals surface area contributed by atoms with Crippen molar-refractivity contribution in [3.05, 3.63) is 33.8 Å². The Labute approximate surface area is 121 Å². The van der Waals surface area contributed by atoms with E-state index in [1.807, 2.05) is 0 Å². The second-order valence-electron chi connectivity index (χ2n) is 6.51. The van der Waals surface area contributed by atoms with Gasteiger partial charge in [0.2, 0.25) is 0 Å². The molecule has 0 aromatic heterocycles. The molecule has 0 aliphatic heterocycles. The Morgan fingerprint density at radius 1 is 1.21 bits per heavy atom. The van der Waals surface area contributed by atoms with E-state index in [1.54, 1.807) is 0 Å². The number of aliphatic hydroxyl groups excluding tert-OH is 1. The summed E-state index contributed by atoms with van der Waals surface area (Å²) < 4.78 is 27.8. The van der Waals surface area contributed by atoms with Gasteiger partial charge in [-0.15, -0.1) is 0 Å². The number of hydrogen-bond donors (Lipinski definition) is 1. The minimum Gasteiger partial charge on any atom is -0.392 e. The van der Waals surface area contributed by atoms with Gasteiger partial charge in [-0.25, -0.2) is 8.78 Å². The lowest BCUT2D eigenvalue weighted by Crippen LogP contribution is -2.19. The van der Waals surface area contributed by atoms with Gasteiger partial charge in [-0.2, -0.15) is 0 Å². The van der Waals surface area contributed by atoms with Gasteiger partial charge < -0.3 is 5.11 Å². The SMILES string of the molecule is CC1(C)C(C(O)Cc2c(F)ccc(Br)c2F)C1(C)C. The Morgan fingerprint density at radius 2 is 1.74 bits per heavy atom. The molecule has 1 aromatic rings. The first kappa shape index (κ1) is 14.9. The molecule has 2 rings (SSSR count). The number of hydrogen-bond acceptors (Lipinski definition) is 1. The van der Waals surface area contributed by atoms with Crippen LogP contribution >= 0.6 is 15.9 Å². The van der Waals surface area contributed by atoms with Crippen LogP contribution in [0.1, 0.15) is 33.3 Å². The molecule has 0 heterocycles. The van der Waals surface area contributed by atoms with Crippen molar-refractivity contribution in [3.8, 4) is 0 Å². The maximum atomic E-state index is 13.9. The topological polar surface area (TPSA) is 20.2 Å². The van der Waals surface area contributed by atoms with E-state index < -0.39 is 17.7 Å². The third kappa shape index (κ3) is 2.23. The van der Waals surface area contributed by atoms with E-state index in [0.717, 1.165) is 0 Å². The first-order valence-corrected chi connectivity index (χ1v) is 7.20. The number of rotatable bonds is 3. The summed E-state index contributed by atoms with van der Waals surface area (Å²) in [5, 5.41) is 10.3. The average molecular weight is 333 g/mol. The van der Waals surface area contributed by atoms with Crippen LogP contribution in [0.25, 0.3) is 0 Å². The molecule has 0 bridgehead atoms. The van der Waals surface area contributed by atoms with Crippen molar-refractivity contribution in [2.24, 2.45) is 16.7 Å². The molecule has 0 saturated heterocycles. The van der Waals surface area contributed by atoms with Gasteiger partial charge in [0.15, 0.2) is 0 Å². The fraction of sp³-hybridized carbons (Fsp3) is 0.600. The Kier molecular flexibility index (Phi) is 3.55. The van der Waals surface area contributed by atoms with Crippen molar-refractivity contribution in [2.75, 3.05) is 0 Å². The first-order chi connectivity index (χ1) is 8.60. The molecule has 0 spiro atoms. The Balaban J connectivity index is 2.22. The maximum absolute atomic E-state index is 13.9. The Bertz CT molecular complexity index is 497. The van der Waals surface area contributed by atoms with Crippen LogP contribution in [-0.4, -0.2) is 11.2 Å². The third-order valence-corrected chi connectivity index (χ3v) is 5.68. The van der Waals surface area contributed by atoms with E-state index in [-0.39, 0.29) is 33.2 Å². The molecule has 106 valence electrons. The summed E-state index contributed by atoms with van der Waals surface area (Å²) in [6.07, 6.45) is -0.724. The monoisotopic (exact) mass is 332 g/mol. The molecule has 4 heteroatoms. The van der Waals surface area contributed by atoms with Crippen molar-refractivity contribution in [1.82, 2.24) is 0 Å². The smallest absolute Gasteiger partial charge is 0.143 e. The lowest BCUT2D eigenvalue weighted by Gasteiger charge is -2.14. The van der Waals surface area contributed by atoms with E-state index in [9.17, 15) is 13.9 Å². The summed E-state index contributed by atoms with van der Waals surface area (Å²) in [5.74, 6) is -1.16. The second-order valence-corrected chi connectivity index (χ2v) is 7.37. The second kappa shape index (κ2) is 4.52. The fourth-order valence-electron chi connectivity index (χ4n) is 3.29. The van der Waals surface area contributed by atoms with Gasteiger partial charge in [-0.1, -0.05) is 27.7 Å². The van der Waals surface area contributed by atoms with Gasteiger partial charge >= 0.3 is 0 Å². The summed E-state index contributed by atoms with van der Waals surface area (Å²) in [5.41, 5.74) is -0.0584. The van der Waals surface area contributed by atoms with Gasteiger partial charge in [-0.3, -0.25) is 0 Å². The highest BCUT2D eigenvalue weighted by Crippen LogP contribution is 2.69. The molecule has 1 aliphatic rings. The van der Waals surface area contributed by atoms with Gasteiger partial charge in [0.1, 0.15) is 11.6 Å². The van der Waals surface area contributed by atoms with Crippen LogP contribution in [0.5, 0.6) is 0 Å². The fourth-order valence-corrected chi connectivity index (χ4v) is 3.66. The van der Waals surface area contributed by atoms with Crippen LogP contribution in [0.4, 0.5) is 8.78 Å². The number of halogens is 3. The molecule has 1 fully saturated rings. The summed E-state index contributed by atoms with van der Waals surface area (Å²) in [6.45, 7) is 8.31. The van der Waals surface area contributed by atoms with Crippen molar-refractivity contribution >= 4 is 15.9 Å². The molecular formula is C15H19BrF2O. The van der Waals surface area contributed by atoms with Crippen molar-refractivity contribution in [3.63, 3.8) is 0 Å². The zero-order chi connectivity index (χ0) is 14.6. The van der Waals surface area contributed by atoms with Gasteiger partial charge in [-0.05, 0) is 44.8 Å². The maximum Gasteiger partial charge on any atom is 0.143 e. The molecule has 0 amide bonds. The van der Waals surface area contributed by atoms with E-state index in [1.165, 1.54) is 12.1 Å². The van der Waals surface area contributed by atoms with Crippen molar-refractivity contribution in [1.29, 1.82) is 0 Å². The molecule has 1 atom stereocenters. The molecule has 1 N–H and O–H groups in total. The highest BCUT2D eigenvalue weighted by atomic mass is 79.9. The number of aliphatic hydroxyl groups is 1. The van der Waals surface area contributed by atoms with E-state index in [0.29, 0.717) is 0 Å². The standard InChI is InChI=1S/C15H19BrF2O/c1-14(2)13(15(14,3)4)11(19)7-8-10(17)6-5-9(16)12(8)18/h5-6,11,13,19H,7H2,1-4H3. The molecule has 1 saturated carbocycles. The van der Waals surface area contributed by atoms with Gasteiger partial charge in [0, 0.05) is 12.0 Å². The molecular weight excluding hydrogens is 314 g/mol. The van der Waals surface area contributed by atoms with Gasteiger partial charge in [0.25, 0.3) is 0 Å². The van der Waals surface area contributed by atoms with E-state index >= 15 is 0 Å². The molecule has 19 heavy (non-hydrogen) atoms. The van der Waals surface area contributed by atoms with Crippen LogP contribution in [0, 0.1) is 28.4 Å². The molecule has 1 aliphatic carbocycles. The minimum absolute atomic E-state index is 0.00855. The molecule has 1 aromatic carbocycles. The molecule has 0 radical (unpaired) electrons. The predicted octanol–water partition coefficient (Wildman–Crippen LogP) is 4.31. The van der Waals surface area contributed by atoms with Gasteiger partial charge in [0.05, 0.1) is 10.6 Å².